The van der Waals surface area contributed by atoms with Gasteiger partial charge in [-0.1, -0.05) is 5.16 Å². The summed E-state index contributed by atoms with van der Waals surface area (Å²) in [5.74, 6) is 0.213. The van der Waals surface area contributed by atoms with Gasteiger partial charge < -0.3 is 15.8 Å². The molecule has 1 aliphatic rings. The smallest absolute Gasteiger partial charge is 0.174 e. The third-order valence-corrected chi connectivity index (χ3v) is 4.97. The Kier molecular flexibility index (Phi) is 3.85. The number of oxime groups is 1. The number of sulfone groups is 1. The van der Waals surface area contributed by atoms with Gasteiger partial charge in [-0.15, -0.1) is 0 Å². The average Bonchev–Trinajstić information content (AvgIpc) is 2.37. The maximum Gasteiger partial charge on any atom is 0.174 e. The van der Waals surface area contributed by atoms with Crippen molar-refractivity contribution in [3.05, 3.63) is 23.0 Å². The van der Waals surface area contributed by atoms with Crippen LogP contribution in [0, 0.1) is 13.8 Å². The predicted molar refractivity (Wildman–Crippen MR) is 77.1 cm³/mol. The lowest BCUT2D eigenvalue weighted by Crippen LogP contribution is -2.41. The number of aryl methyl sites for hydroxylation is 2. The van der Waals surface area contributed by atoms with Crippen molar-refractivity contribution < 1.29 is 13.6 Å². The Bertz CT molecular complexity index is 641. The number of nitrogens with zero attached hydrogens (tertiary/aromatic N) is 3. The van der Waals surface area contributed by atoms with E-state index in [2.05, 4.69) is 10.1 Å². The van der Waals surface area contributed by atoms with Crippen molar-refractivity contribution in [1.29, 1.82) is 0 Å². The van der Waals surface area contributed by atoms with Gasteiger partial charge in [-0.2, -0.15) is 0 Å². The molecule has 0 aliphatic carbocycles. The molecule has 110 valence electrons. The minimum absolute atomic E-state index is 0.0153. The first kappa shape index (κ1) is 14.6. The Balaban J connectivity index is 2.46. The molecule has 1 aromatic rings. The average molecular weight is 298 g/mol. The van der Waals surface area contributed by atoms with E-state index in [1.807, 2.05) is 17.9 Å². The van der Waals surface area contributed by atoms with E-state index in [-0.39, 0.29) is 17.3 Å². The van der Waals surface area contributed by atoms with Crippen LogP contribution in [0.3, 0.4) is 0 Å². The minimum atomic E-state index is -2.95. The van der Waals surface area contributed by atoms with Gasteiger partial charge in [0, 0.05) is 18.8 Å². The number of pyridine rings is 1. The standard InChI is InChI=1S/C12H18N4O3S/c1-8-7-10(11(9(2)14-8)12(13)15-17)16-3-5-20(18,19)6-4-16/h7,17H,3-6H2,1-2H3,(H2,13,15). The summed E-state index contributed by atoms with van der Waals surface area (Å²) in [4.78, 5) is 6.25. The highest BCUT2D eigenvalue weighted by atomic mass is 32.2. The number of hydrogen-bond acceptors (Lipinski definition) is 6. The summed E-state index contributed by atoms with van der Waals surface area (Å²) < 4.78 is 23.0. The molecule has 0 spiro atoms. The highest BCUT2D eigenvalue weighted by Gasteiger charge is 2.25. The molecule has 1 aromatic heterocycles. The van der Waals surface area contributed by atoms with E-state index < -0.39 is 9.84 Å². The Labute approximate surface area is 118 Å². The highest BCUT2D eigenvalue weighted by molar-refractivity contribution is 7.91. The van der Waals surface area contributed by atoms with Crippen LogP contribution >= 0.6 is 0 Å². The number of aromatic nitrogens is 1. The molecule has 0 atom stereocenters. The number of hydrogen-bond donors (Lipinski definition) is 2. The second-order valence-corrected chi connectivity index (χ2v) is 7.17. The molecule has 1 fully saturated rings. The van der Waals surface area contributed by atoms with Gasteiger partial charge >= 0.3 is 0 Å². The third-order valence-electron chi connectivity index (χ3n) is 3.36. The molecule has 0 amide bonds. The van der Waals surface area contributed by atoms with Crippen LogP contribution in [0.1, 0.15) is 17.0 Å². The monoisotopic (exact) mass is 298 g/mol. The lowest BCUT2D eigenvalue weighted by Gasteiger charge is -2.30. The van der Waals surface area contributed by atoms with Crippen molar-refractivity contribution >= 4 is 21.4 Å². The first-order chi connectivity index (χ1) is 9.34. The van der Waals surface area contributed by atoms with Crippen molar-refractivity contribution in [2.24, 2.45) is 10.9 Å². The van der Waals surface area contributed by atoms with Crippen LogP contribution in [0.5, 0.6) is 0 Å². The van der Waals surface area contributed by atoms with E-state index in [9.17, 15) is 8.42 Å². The molecule has 1 aliphatic heterocycles. The van der Waals surface area contributed by atoms with E-state index >= 15 is 0 Å². The molecule has 0 bridgehead atoms. The first-order valence-corrected chi connectivity index (χ1v) is 8.07. The van der Waals surface area contributed by atoms with Crippen LogP contribution < -0.4 is 10.6 Å². The molecule has 20 heavy (non-hydrogen) atoms. The van der Waals surface area contributed by atoms with Gasteiger partial charge in [-0.3, -0.25) is 4.98 Å². The normalized spacial score (nSPS) is 19.1. The fraction of sp³-hybridized carbons (Fsp3) is 0.500. The summed E-state index contributed by atoms with van der Waals surface area (Å²) in [5.41, 5.74) is 8.50. The van der Waals surface area contributed by atoms with Crippen LogP contribution in [-0.2, 0) is 9.84 Å². The van der Waals surface area contributed by atoms with Gasteiger partial charge in [0.25, 0.3) is 0 Å². The predicted octanol–water partition coefficient (Wildman–Crippen LogP) is 0.0277. The number of anilines is 1. The summed E-state index contributed by atoms with van der Waals surface area (Å²) in [7, 11) is -2.95. The van der Waals surface area contributed by atoms with E-state index in [0.29, 0.717) is 24.3 Å². The van der Waals surface area contributed by atoms with Crippen LogP contribution in [0.25, 0.3) is 0 Å². The van der Waals surface area contributed by atoms with Crippen molar-refractivity contribution in [2.75, 3.05) is 29.5 Å². The quantitative estimate of drug-likeness (QED) is 0.345. The molecule has 1 saturated heterocycles. The first-order valence-electron chi connectivity index (χ1n) is 6.25. The largest absolute Gasteiger partial charge is 0.409 e. The van der Waals surface area contributed by atoms with E-state index in [1.54, 1.807) is 6.92 Å². The van der Waals surface area contributed by atoms with Gasteiger partial charge in [0.2, 0.25) is 0 Å². The topological polar surface area (TPSA) is 109 Å². The highest BCUT2D eigenvalue weighted by Crippen LogP contribution is 2.25. The minimum Gasteiger partial charge on any atom is -0.409 e. The third kappa shape index (κ3) is 2.84. The molecule has 2 rings (SSSR count). The molecular weight excluding hydrogens is 280 g/mol. The lowest BCUT2D eigenvalue weighted by molar-refractivity contribution is 0.318. The molecule has 0 saturated carbocycles. The molecule has 7 nitrogen and oxygen atoms in total. The lowest BCUT2D eigenvalue weighted by atomic mass is 10.1. The van der Waals surface area contributed by atoms with Crippen molar-refractivity contribution in [3.8, 4) is 0 Å². The van der Waals surface area contributed by atoms with Gasteiger partial charge in [-0.05, 0) is 19.9 Å². The Morgan fingerprint density at radius 2 is 2.00 bits per heavy atom. The fourth-order valence-electron chi connectivity index (χ4n) is 2.38. The Hall–Kier alpha value is -1.83. The molecule has 8 heteroatoms. The molecule has 0 unspecified atom stereocenters. The van der Waals surface area contributed by atoms with E-state index in [4.69, 9.17) is 10.9 Å². The van der Waals surface area contributed by atoms with Crippen molar-refractivity contribution in [3.63, 3.8) is 0 Å². The molecule has 3 N–H and O–H groups in total. The zero-order chi connectivity index (χ0) is 14.9. The summed E-state index contributed by atoms with van der Waals surface area (Å²) >= 11 is 0. The second kappa shape index (κ2) is 5.28. The molecule has 2 heterocycles. The SMILES string of the molecule is Cc1cc(N2CCS(=O)(=O)CC2)c(/C(N)=N/O)c(C)n1. The summed E-state index contributed by atoms with van der Waals surface area (Å²) in [6, 6.07) is 1.83. The van der Waals surface area contributed by atoms with Crippen LogP contribution in [-0.4, -0.2) is 49.0 Å². The number of rotatable bonds is 2. The summed E-state index contributed by atoms with van der Waals surface area (Å²) in [5, 5.41) is 12.0. The summed E-state index contributed by atoms with van der Waals surface area (Å²) in [6.07, 6.45) is 0. The van der Waals surface area contributed by atoms with Gasteiger partial charge in [0.15, 0.2) is 15.7 Å². The second-order valence-electron chi connectivity index (χ2n) is 4.87. The fourth-order valence-corrected chi connectivity index (χ4v) is 3.58. The maximum absolute atomic E-state index is 11.5. The van der Waals surface area contributed by atoms with Crippen LogP contribution in [0.2, 0.25) is 0 Å². The van der Waals surface area contributed by atoms with Gasteiger partial charge in [-0.25, -0.2) is 8.42 Å². The molecule has 0 aromatic carbocycles. The van der Waals surface area contributed by atoms with Gasteiger partial charge in [0.05, 0.1) is 28.5 Å². The Morgan fingerprint density at radius 1 is 1.40 bits per heavy atom. The van der Waals surface area contributed by atoms with Crippen LogP contribution in [0.15, 0.2) is 11.2 Å². The van der Waals surface area contributed by atoms with E-state index in [1.165, 1.54) is 0 Å². The molecular formula is C12H18N4O3S. The zero-order valence-electron chi connectivity index (χ0n) is 11.5. The van der Waals surface area contributed by atoms with Crippen molar-refractivity contribution in [2.45, 2.75) is 13.8 Å². The number of amidine groups is 1. The Morgan fingerprint density at radius 3 is 2.55 bits per heavy atom. The number of nitrogens with two attached hydrogens (primary N) is 1. The van der Waals surface area contributed by atoms with E-state index in [0.717, 1.165) is 11.4 Å². The van der Waals surface area contributed by atoms with Crippen LogP contribution in [0.4, 0.5) is 5.69 Å². The maximum atomic E-state index is 11.5. The zero-order valence-corrected chi connectivity index (χ0v) is 12.3. The van der Waals surface area contributed by atoms with Crippen molar-refractivity contribution in [1.82, 2.24) is 4.98 Å². The summed E-state index contributed by atoms with van der Waals surface area (Å²) in [6.45, 7) is 4.44. The molecule has 0 radical (unpaired) electrons. The van der Waals surface area contributed by atoms with Gasteiger partial charge in [0.1, 0.15) is 0 Å².